The molecule has 3 unspecified atom stereocenters. The smallest absolute Gasteiger partial charge is 0.306 e. The Hall–Kier alpha value is -1.40. The van der Waals surface area contributed by atoms with Crippen molar-refractivity contribution >= 4 is 11.9 Å². The van der Waals surface area contributed by atoms with Gasteiger partial charge in [-0.05, 0) is 44.9 Å². The Kier molecular flexibility index (Phi) is 40.7. The zero-order valence-electron chi connectivity index (χ0n) is 35.7. The molecule has 53 heavy (non-hydrogen) atoms. The zero-order valence-corrected chi connectivity index (χ0v) is 35.7. The second kappa shape index (κ2) is 41.8. The second-order valence-corrected chi connectivity index (χ2v) is 16.2. The van der Waals surface area contributed by atoms with Crippen LogP contribution in [0, 0.1) is 0 Å². The number of nitrogens with one attached hydrogen (secondary N) is 1. The molecule has 0 bridgehead atoms. The van der Waals surface area contributed by atoms with E-state index in [1.54, 1.807) is 0 Å². The number of ether oxygens (including phenoxy) is 1. The number of amides is 1. The molecule has 0 heterocycles. The summed E-state index contributed by atoms with van der Waals surface area (Å²) in [6, 6.07) is -0.694. The van der Waals surface area contributed by atoms with E-state index in [4.69, 9.17) is 4.74 Å². The number of rotatable bonds is 42. The summed E-state index contributed by atoms with van der Waals surface area (Å²) >= 11 is 0. The van der Waals surface area contributed by atoms with Crippen LogP contribution in [0.3, 0.4) is 0 Å². The molecular formula is C47H91NO5. The predicted molar refractivity (Wildman–Crippen MR) is 227 cm³/mol. The minimum Gasteiger partial charge on any atom is -0.462 e. The lowest BCUT2D eigenvalue weighted by atomic mass is 10.0. The molecule has 0 aliphatic heterocycles. The number of carbonyl (C=O) groups excluding carboxylic acids is 2. The fourth-order valence-corrected chi connectivity index (χ4v) is 7.23. The van der Waals surface area contributed by atoms with Crippen molar-refractivity contribution < 1.29 is 24.5 Å². The Morgan fingerprint density at radius 1 is 0.528 bits per heavy atom. The summed E-state index contributed by atoms with van der Waals surface area (Å²) in [5.41, 5.74) is 0. The summed E-state index contributed by atoms with van der Waals surface area (Å²) in [7, 11) is 0. The highest BCUT2D eigenvalue weighted by atomic mass is 16.5. The van der Waals surface area contributed by atoms with Crippen LogP contribution in [0.1, 0.15) is 252 Å². The van der Waals surface area contributed by atoms with E-state index in [1.807, 2.05) is 0 Å². The molecule has 0 aromatic heterocycles. The first-order valence-electron chi connectivity index (χ1n) is 23.4. The molecule has 0 saturated heterocycles. The maximum Gasteiger partial charge on any atom is 0.306 e. The van der Waals surface area contributed by atoms with Gasteiger partial charge in [-0.25, -0.2) is 0 Å². The van der Waals surface area contributed by atoms with Gasteiger partial charge >= 0.3 is 5.97 Å². The van der Waals surface area contributed by atoms with Crippen LogP contribution in [0.2, 0.25) is 0 Å². The topological polar surface area (TPSA) is 95.9 Å². The van der Waals surface area contributed by atoms with Gasteiger partial charge in [0.15, 0.2) is 0 Å². The Morgan fingerprint density at radius 3 is 1.40 bits per heavy atom. The van der Waals surface area contributed by atoms with Gasteiger partial charge in [-0.3, -0.25) is 9.59 Å². The van der Waals surface area contributed by atoms with Crippen LogP contribution in [-0.2, 0) is 14.3 Å². The number of hydrogen-bond donors (Lipinski definition) is 3. The molecule has 0 fully saturated rings. The lowest BCUT2D eigenvalue weighted by Crippen LogP contribution is -2.46. The maximum absolute atomic E-state index is 13.1. The molecule has 0 aliphatic rings. The normalized spacial score (nSPS) is 13.4. The Labute approximate surface area is 329 Å². The first kappa shape index (κ1) is 51.6. The number of unbranched alkanes of at least 4 members (excludes halogenated alkanes) is 28. The molecule has 1 amide bonds. The summed E-state index contributed by atoms with van der Waals surface area (Å²) in [6.45, 7) is 6.44. The van der Waals surface area contributed by atoms with Gasteiger partial charge in [0.1, 0.15) is 6.10 Å². The van der Waals surface area contributed by atoms with Crippen LogP contribution in [0.5, 0.6) is 0 Å². The van der Waals surface area contributed by atoms with Crippen LogP contribution in [0.25, 0.3) is 0 Å². The van der Waals surface area contributed by atoms with Crippen molar-refractivity contribution in [2.45, 2.75) is 270 Å². The third-order valence-corrected chi connectivity index (χ3v) is 10.8. The van der Waals surface area contributed by atoms with Crippen LogP contribution < -0.4 is 5.32 Å². The molecule has 0 aliphatic carbocycles. The third-order valence-electron chi connectivity index (χ3n) is 10.8. The van der Waals surface area contributed by atoms with Gasteiger partial charge in [-0.2, -0.15) is 0 Å². The quantitative estimate of drug-likeness (QED) is 0.0328. The van der Waals surface area contributed by atoms with Crippen LogP contribution >= 0.6 is 0 Å². The van der Waals surface area contributed by atoms with Crippen LogP contribution in [-0.4, -0.2) is 46.9 Å². The minimum absolute atomic E-state index is 0.0806. The maximum atomic E-state index is 13.1. The Bertz CT molecular complexity index is 802. The summed E-state index contributed by atoms with van der Waals surface area (Å²) in [5.74, 6) is -0.474. The molecule has 0 saturated carbocycles. The monoisotopic (exact) mass is 750 g/mol. The number of hydrogen-bond acceptors (Lipinski definition) is 5. The van der Waals surface area contributed by atoms with E-state index in [9.17, 15) is 19.8 Å². The summed E-state index contributed by atoms with van der Waals surface area (Å²) in [4.78, 5) is 26.0. The van der Waals surface area contributed by atoms with Crippen molar-refractivity contribution in [1.29, 1.82) is 0 Å². The van der Waals surface area contributed by atoms with Gasteiger partial charge in [0.25, 0.3) is 0 Å². The molecule has 0 radical (unpaired) electrons. The van der Waals surface area contributed by atoms with Crippen molar-refractivity contribution in [2.24, 2.45) is 0 Å². The average molecular weight is 750 g/mol. The van der Waals surface area contributed by atoms with Gasteiger partial charge in [-0.15, -0.1) is 0 Å². The molecule has 3 N–H and O–H groups in total. The summed E-state index contributed by atoms with van der Waals surface area (Å²) in [5, 5.41) is 23.6. The van der Waals surface area contributed by atoms with Crippen molar-refractivity contribution in [3.63, 3.8) is 0 Å². The lowest BCUT2D eigenvalue weighted by molar-refractivity contribution is -0.151. The number of carbonyl (C=O) groups is 2. The summed E-state index contributed by atoms with van der Waals surface area (Å²) in [6.07, 6.45) is 44.1. The SMILES string of the molecule is CCCC/C=C\CCCCCCCC(=O)OC(CCCCCCCCCCCCCCC)CC(=O)NC(CO)C(O)CCCCCCCCCCCC. The highest BCUT2D eigenvalue weighted by Crippen LogP contribution is 2.18. The summed E-state index contributed by atoms with van der Waals surface area (Å²) < 4.78 is 5.90. The highest BCUT2D eigenvalue weighted by molar-refractivity contribution is 5.77. The van der Waals surface area contributed by atoms with Crippen molar-refractivity contribution in [2.75, 3.05) is 6.61 Å². The van der Waals surface area contributed by atoms with E-state index in [2.05, 4.69) is 38.2 Å². The average Bonchev–Trinajstić information content (AvgIpc) is 3.15. The van der Waals surface area contributed by atoms with Gasteiger partial charge in [0.2, 0.25) is 5.91 Å². The van der Waals surface area contributed by atoms with Gasteiger partial charge in [-0.1, -0.05) is 206 Å². The number of allylic oxidation sites excluding steroid dienone is 2. The Balaban J connectivity index is 4.57. The molecule has 0 aromatic carbocycles. The van der Waals surface area contributed by atoms with E-state index >= 15 is 0 Å². The number of aliphatic hydroxyl groups is 2. The van der Waals surface area contributed by atoms with E-state index in [0.717, 1.165) is 51.4 Å². The van der Waals surface area contributed by atoms with Gasteiger partial charge < -0.3 is 20.3 Å². The molecule has 6 nitrogen and oxygen atoms in total. The largest absolute Gasteiger partial charge is 0.462 e. The van der Waals surface area contributed by atoms with Crippen molar-refractivity contribution in [3.05, 3.63) is 12.2 Å². The molecule has 314 valence electrons. The molecule has 6 heteroatoms. The molecule has 0 aromatic rings. The molecule has 3 atom stereocenters. The zero-order chi connectivity index (χ0) is 38.9. The Morgan fingerprint density at radius 2 is 0.925 bits per heavy atom. The third kappa shape index (κ3) is 37.3. The molecule has 0 rings (SSSR count). The van der Waals surface area contributed by atoms with E-state index in [1.165, 1.54) is 154 Å². The van der Waals surface area contributed by atoms with Crippen molar-refractivity contribution in [1.82, 2.24) is 5.32 Å². The minimum atomic E-state index is -0.780. The van der Waals surface area contributed by atoms with Gasteiger partial charge in [0.05, 0.1) is 25.2 Å². The molecular weight excluding hydrogens is 659 g/mol. The fourth-order valence-electron chi connectivity index (χ4n) is 7.23. The first-order chi connectivity index (χ1) is 26.0. The highest BCUT2D eigenvalue weighted by Gasteiger charge is 2.24. The number of aliphatic hydroxyl groups excluding tert-OH is 2. The molecule has 0 spiro atoms. The lowest BCUT2D eigenvalue weighted by Gasteiger charge is -2.24. The van der Waals surface area contributed by atoms with E-state index in [0.29, 0.717) is 19.3 Å². The van der Waals surface area contributed by atoms with Crippen molar-refractivity contribution in [3.8, 4) is 0 Å². The first-order valence-corrected chi connectivity index (χ1v) is 23.4. The van der Waals surface area contributed by atoms with Crippen LogP contribution in [0.4, 0.5) is 0 Å². The predicted octanol–water partition coefficient (Wildman–Crippen LogP) is 13.4. The standard InChI is InChI=1S/C47H91NO5/c1-4-7-10-13-16-19-22-23-25-26-29-32-35-38-43(53-47(52)40-37-34-31-28-24-20-17-14-11-8-5-2)41-46(51)48-44(42-49)45(50)39-36-33-30-27-21-18-15-12-9-6-3/h14,17,43-45,49-50H,4-13,15-16,18-42H2,1-3H3,(H,48,51)/b17-14-. The van der Waals surface area contributed by atoms with Gasteiger partial charge in [0, 0.05) is 6.42 Å². The van der Waals surface area contributed by atoms with E-state index < -0.39 is 18.2 Å². The van der Waals surface area contributed by atoms with E-state index in [-0.39, 0.29) is 24.9 Å². The second-order valence-electron chi connectivity index (χ2n) is 16.2. The fraction of sp³-hybridized carbons (Fsp3) is 0.915. The van der Waals surface area contributed by atoms with Crippen LogP contribution in [0.15, 0.2) is 12.2 Å². The number of esters is 1.